The number of benzene rings is 3. The Balaban J connectivity index is 1.99. The summed E-state index contributed by atoms with van der Waals surface area (Å²) in [5, 5.41) is 10.7. The summed E-state index contributed by atoms with van der Waals surface area (Å²) in [5.74, 6) is 0.595. The molecule has 0 atom stereocenters. The Morgan fingerprint density at radius 1 is 0.640 bits per heavy atom. The molecule has 3 aromatic carbocycles. The van der Waals surface area contributed by atoms with Crippen molar-refractivity contribution in [2.45, 2.75) is 0 Å². The van der Waals surface area contributed by atoms with Gasteiger partial charge in [0.15, 0.2) is 5.82 Å². The smallest absolute Gasteiger partial charge is 0.167 e. The van der Waals surface area contributed by atoms with Gasteiger partial charge in [-0.3, -0.25) is 0 Å². The molecular formula is C21H15N3O. The van der Waals surface area contributed by atoms with Gasteiger partial charge in [-0.1, -0.05) is 60.7 Å². The quantitative estimate of drug-likeness (QED) is 0.599. The molecule has 0 saturated carbocycles. The van der Waals surface area contributed by atoms with E-state index in [0.29, 0.717) is 11.4 Å². The maximum absolute atomic E-state index is 10.7. The lowest BCUT2D eigenvalue weighted by atomic mass is 9.93. The minimum Gasteiger partial charge on any atom is -0.507 e. The second-order valence-electron chi connectivity index (χ2n) is 5.61. The van der Waals surface area contributed by atoms with Crippen LogP contribution in [0.25, 0.3) is 33.6 Å². The van der Waals surface area contributed by atoms with Crippen LogP contribution in [0.15, 0.2) is 85.5 Å². The number of rotatable bonds is 3. The van der Waals surface area contributed by atoms with Gasteiger partial charge in [-0.05, 0) is 34.4 Å². The normalized spacial score (nSPS) is 10.6. The summed E-state index contributed by atoms with van der Waals surface area (Å²) in [4.78, 5) is 12.3. The molecule has 0 radical (unpaired) electrons. The maximum Gasteiger partial charge on any atom is 0.167 e. The van der Waals surface area contributed by atoms with Crippen LogP contribution >= 0.6 is 0 Å². The van der Waals surface area contributed by atoms with E-state index < -0.39 is 0 Å². The Labute approximate surface area is 145 Å². The van der Waals surface area contributed by atoms with Crippen LogP contribution in [0.3, 0.4) is 0 Å². The lowest BCUT2D eigenvalue weighted by Crippen LogP contribution is -1.94. The van der Waals surface area contributed by atoms with Crippen LogP contribution in [0.1, 0.15) is 0 Å². The molecule has 1 heterocycles. The fourth-order valence-corrected chi connectivity index (χ4v) is 2.87. The van der Waals surface area contributed by atoms with Crippen LogP contribution in [0.2, 0.25) is 0 Å². The zero-order valence-corrected chi connectivity index (χ0v) is 13.4. The summed E-state index contributed by atoms with van der Waals surface area (Å²) in [5.41, 5.74) is 4.46. The van der Waals surface area contributed by atoms with Crippen molar-refractivity contribution in [2.75, 3.05) is 0 Å². The average molecular weight is 325 g/mol. The molecule has 0 unspecified atom stereocenters. The minimum atomic E-state index is 0.145. The van der Waals surface area contributed by atoms with Crippen LogP contribution in [-0.2, 0) is 0 Å². The van der Waals surface area contributed by atoms with Crippen molar-refractivity contribution in [1.82, 2.24) is 15.0 Å². The monoisotopic (exact) mass is 325 g/mol. The van der Waals surface area contributed by atoms with E-state index >= 15 is 0 Å². The van der Waals surface area contributed by atoms with Gasteiger partial charge in [0, 0.05) is 0 Å². The van der Waals surface area contributed by atoms with Crippen LogP contribution in [0, 0.1) is 0 Å². The van der Waals surface area contributed by atoms with Gasteiger partial charge in [0.2, 0.25) is 0 Å². The van der Waals surface area contributed by atoms with Crippen molar-refractivity contribution < 1.29 is 5.11 Å². The summed E-state index contributed by atoms with van der Waals surface area (Å²) in [6.07, 6.45) is 2.86. The average Bonchev–Trinajstić information content (AvgIpc) is 2.69. The third kappa shape index (κ3) is 2.97. The summed E-state index contributed by atoms with van der Waals surface area (Å²) in [7, 11) is 0. The van der Waals surface area contributed by atoms with Gasteiger partial charge in [0.05, 0.1) is 5.56 Å². The number of hydrogen-bond acceptors (Lipinski definition) is 4. The van der Waals surface area contributed by atoms with Gasteiger partial charge in [0.25, 0.3) is 0 Å². The third-order valence-electron chi connectivity index (χ3n) is 4.03. The van der Waals surface area contributed by atoms with Gasteiger partial charge in [-0.15, -0.1) is 0 Å². The second kappa shape index (κ2) is 6.53. The van der Waals surface area contributed by atoms with E-state index in [4.69, 9.17) is 0 Å². The Bertz CT molecular complexity index is 988. The molecule has 1 aromatic heterocycles. The van der Waals surface area contributed by atoms with E-state index in [1.807, 2.05) is 60.7 Å². The maximum atomic E-state index is 10.7. The first kappa shape index (κ1) is 15.0. The molecule has 0 amide bonds. The SMILES string of the molecule is Oc1cc(-c2ccccc2)cc(-c2ccccc2)c1-c1ncncn1. The highest BCUT2D eigenvalue weighted by Gasteiger charge is 2.17. The first-order valence-electron chi connectivity index (χ1n) is 7.93. The Hall–Kier alpha value is -3.53. The van der Waals surface area contributed by atoms with Crippen molar-refractivity contribution in [3.8, 4) is 39.4 Å². The van der Waals surface area contributed by atoms with Gasteiger partial charge >= 0.3 is 0 Å². The minimum absolute atomic E-state index is 0.145. The fraction of sp³-hybridized carbons (Fsp3) is 0. The van der Waals surface area contributed by atoms with Crippen LogP contribution < -0.4 is 0 Å². The summed E-state index contributed by atoms with van der Waals surface area (Å²) in [6, 6.07) is 23.7. The lowest BCUT2D eigenvalue weighted by Gasteiger charge is -2.14. The number of phenols is 1. The predicted molar refractivity (Wildman–Crippen MR) is 97.8 cm³/mol. The van der Waals surface area contributed by atoms with E-state index in [1.165, 1.54) is 12.7 Å². The topological polar surface area (TPSA) is 58.9 Å². The van der Waals surface area contributed by atoms with Gasteiger partial charge in [-0.2, -0.15) is 0 Å². The number of phenolic OH excluding ortho intramolecular Hbond substituents is 1. The third-order valence-corrected chi connectivity index (χ3v) is 4.03. The zero-order valence-electron chi connectivity index (χ0n) is 13.4. The molecule has 0 aliphatic rings. The van der Waals surface area contributed by atoms with E-state index in [-0.39, 0.29) is 5.75 Å². The highest BCUT2D eigenvalue weighted by atomic mass is 16.3. The van der Waals surface area contributed by atoms with Crippen molar-refractivity contribution in [2.24, 2.45) is 0 Å². The molecule has 4 nitrogen and oxygen atoms in total. The van der Waals surface area contributed by atoms with Crippen molar-refractivity contribution in [1.29, 1.82) is 0 Å². The Kier molecular flexibility index (Phi) is 3.92. The largest absolute Gasteiger partial charge is 0.507 e. The Morgan fingerprint density at radius 3 is 1.88 bits per heavy atom. The summed E-state index contributed by atoms with van der Waals surface area (Å²) >= 11 is 0. The van der Waals surface area contributed by atoms with Gasteiger partial charge in [0.1, 0.15) is 18.4 Å². The predicted octanol–water partition coefficient (Wildman–Crippen LogP) is 4.58. The molecule has 0 aliphatic carbocycles. The van der Waals surface area contributed by atoms with Crippen LogP contribution in [0.4, 0.5) is 0 Å². The molecule has 0 fully saturated rings. The molecule has 0 saturated heterocycles. The number of aromatic hydroxyl groups is 1. The highest BCUT2D eigenvalue weighted by Crippen LogP contribution is 2.40. The fourth-order valence-electron chi connectivity index (χ4n) is 2.87. The molecular weight excluding hydrogens is 310 g/mol. The Morgan fingerprint density at radius 2 is 1.24 bits per heavy atom. The van der Waals surface area contributed by atoms with Gasteiger partial charge in [-0.25, -0.2) is 15.0 Å². The summed E-state index contributed by atoms with van der Waals surface area (Å²) in [6.45, 7) is 0. The molecule has 0 bridgehead atoms. The molecule has 4 rings (SSSR count). The highest BCUT2D eigenvalue weighted by molar-refractivity contribution is 5.88. The van der Waals surface area contributed by atoms with Crippen LogP contribution in [-0.4, -0.2) is 20.1 Å². The molecule has 120 valence electrons. The molecule has 1 N–H and O–H groups in total. The zero-order chi connectivity index (χ0) is 17.1. The lowest BCUT2D eigenvalue weighted by molar-refractivity contribution is 0.477. The first-order valence-corrected chi connectivity index (χ1v) is 7.93. The van der Waals surface area contributed by atoms with E-state index in [9.17, 15) is 5.11 Å². The van der Waals surface area contributed by atoms with Gasteiger partial charge < -0.3 is 5.11 Å². The molecule has 0 spiro atoms. The molecule has 4 heteroatoms. The van der Waals surface area contributed by atoms with Crippen molar-refractivity contribution >= 4 is 0 Å². The number of aromatic nitrogens is 3. The van der Waals surface area contributed by atoms with Crippen LogP contribution in [0.5, 0.6) is 5.75 Å². The molecule has 25 heavy (non-hydrogen) atoms. The van der Waals surface area contributed by atoms with E-state index in [2.05, 4.69) is 21.0 Å². The molecule has 4 aromatic rings. The standard InChI is InChI=1S/C21H15N3O/c25-19-12-17(15-7-3-1-4-8-15)11-18(16-9-5-2-6-10-16)20(19)21-23-13-22-14-24-21/h1-14,25H. The van der Waals surface area contributed by atoms with Crippen molar-refractivity contribution in [3.05, 3.63) is 85.5 Å². The van der Waals surface area contributed by atoms with E-state index in [0.717, 1.165) is 22.3 Å². The molecule has 0 aliphatic heterocycles. The number of hydrogen-bond donors (Lipinski definition) is 1. The number of nitrogens with zero attached hydrogens (tertiary/aromatic N) is 3. The van der Waals surface area contributed by atoms with Crippen molar-refractivity contribution in [3.63, 3.8) is 0 Å². The van der Waals surface area contributed by atoms with E-state index in [1.54, 1.807) is 6.07 Å². The first-order chi connectivity index (χ1) is 12.3. The summed E-state index contributed by atoms with van der Waals surface area (Å²) < 4.78 is 0. The second-order valence-corrected chi connectivity index (χ2v) is 5.61.